The summed E-state index contributed by atoms with van der Waals surface area (Å²) in [7, 11) is 0. The molecule has 5 heterocycles. The Balaban J connectivity index is 0.966. The number of nitrogens with zero attached hydrogens (tertiary/aromatic N) is 2. The first-order valence-corrected chi connectivity index (χ1v) is 31.3. The van der Waals surface area contributed by atoms with Gasteiger partial charge >= 0.3 is 0 Å². The summed E-state index contributed by atoms with van der Waals surface area (Å²) in [5.74, 6) is -2.77. The van der Waals surface area contributed by atoms with Crippen molar-refractivity contribution in [2.75, 3.05) is 37.7 Å². The van der Waals surface area contributed by atoms with Gasteiger partial charge in [0, 0.05) is 96.8 Å². The van der Waals surface area contributed by atoms with E-state index in [4.69, 9.17) is 0 Å². The van der Waals surface area contributed by atoms with Crippen molar-refractivity contribution in [2.45, 2.75) is 125 Å². The van der Waals surface area contributed by atoms with Crippen molar-refractivity contribution in [3.8, 4) is 5.75 Å². The van der Waals surface area contributed by atoms with E-state index in [0.717, 1.165) is 35.7 Å². The van der Waals surface area contributed by atoms with Crippen LogP contribution in [0.25, 0.3) is 21.8 Å². The minimum absolute atomic E-state index is 0.00316. The highest BCUT2D eigenvalue weighted by Crippen LogP contribution is 2.27. The average Bonchev–Trinajstić information content (AvgIpc) is 3.88. The molecule has 2 aromatic heterocycles. The second-order valence-corrected chi connectivity index (χ2v) is 24.2. The van der Waals surface area contributed by atoms with Gasteiger partial charge in [-0.15, -0.1) is 0 Å². The highest BCUT2D eigenvalue weighted by molar-refractivity contribution is 7.98. The molecule has 4 aromatic carbocycles. The Kier molecular flexibility index (Phi) is 21.2. The van der Waals surface area contributed by atoms with Gasteiger partial charge in [0.15, 0.2) is 0 Å². The van der Waals surface area contributed by atoms with Crippen molar-refractivity contribution in [3.63, 3.8) is 0 Å². The quantitative estimate of drug-likeness (QED) is 0.0995. The monoisotopic (exact) mass is 1200 g/mol. The highest BCUT2D eigenvalue weighted by Gasteiger charge is 2.41. The summed E-state index contributed by atoms with van der Waals surface area (Å²) < 4.78 is 29.5. The third-order valence-corrected chi connectivity index (χ3v) is 17.9. The maximum atomic E-state index is 15.1. The van der Waals surface area contributed by atoms with Crippen LogP contribution in [0.3, 0.4) is 0 Å². The van der Waals surface area contributed by atoms with Crippen molar-refractivity contribution in [2.24, 2.45) is 0 Å². The summed E-state index contributed by atoms with van der Waals surface area (Å²) >= 11 is 3.48. The molecule has 23 heteroatoms. The number of thioether (sulfide) groups is 2. The number of carbonyl (C=O) groups excluding carboxylic acids is 8. The number of carbonyl (C=O) groups is 8. The molecule has 3 aliphatic heterocycles. The van der Waals surface area contributed by atoms with Gasteiger partial charge in [-0.05, 0) is 128 Å². The highest BCUT2D eigenvalue weighted by atomic mass is 32.2. The number of benzene rings is 4. The van der Waals surface area contributed by atoms with Crippen molar-refractivity contribution in [1.29, 1.82) is 0 Å². The standard InChI is InChI=1S/C62H72F2N10O9S2/c1-37-57(78)71-51(27-38-13-17-45(75)18-14-38)61(82)73-22-6-10-53(73)59(80)65-21-25-85-36-40-9-5-8-39(26-40)35-84-24-4-2-3-12-55(76)68-34-56(77)70-50(28-41-32-66-48-19-15-43(63)30-46(41)48)58(79)72-52(62(83)74-23-7-11-54(74)60(81)69-37)29-42-33-67-49-20-16-44(64)31-47(42)49/h5,8-9,13-20,26,30-33,37,50-54,66-67,75H,2-4,6-7,10-12,21-25,27-29,34-36H2,1H3,(H,65,80)(H,68,76)(H,69,81)(H,70,77)(H,71,78)(H,72,79)/t37-,50-,51-,52-,53?,54-/m0/s1. The molecule has 19 nitrogen and oxygen atoms in total. The van der Waals surface area contributed by atoms with Crippen molar-refractivity contribution >= 4 is 92.6 Å². The number of aromatic hydroxyl groups is 1. The molecule has 0 radical (unpaired) electrons. The summed E-state index contributed by atoms with van der Waals surface area (Å²) in [5, 5.41) is 27.7. The number of hydrogen-bond donors (Lipinski definition) is 9. The predicted octanol–water partition coefficient (Wildman–Crippen LogP) is 5.58. The van der Waals surface area contributed by atoms with Crippen LogP contribution < -0.4 is 31.9 Å². The molecule has 9 rings (SSSR count). The number of amides is 8. The van der Waals surface area contributed by atoms with Gasteiger partial charge in [0.25, 0.3) is 0 Å². The van der Waals surface area contributed by atoms with Crippen molar-refractivity contribution < 1.29 is 52.2 Å². The molecule has 8 amide bonds. The lowest BCUT2D eigenvalue weighted by Crippen LogP contribution is -2.59. The molecule has 0 aliphatic carbocycles. The van der Waals surface area contributed by atoms with E-state index in [2.05, 4.69) is 60.1 Å². The van der Waals surface area contributed by atoms with Gasteiger partial charge in [-0.25, -0.2) is 8.78 Å². The maximum absolute atomic E-state index is 15.1. The number of rotatable bonds is 6. The second-order valence-electron chi connectivity index (χ2n) is 21.9. The molecular formula is C62H72F2N10O9S2. The average molecular weight is 1200 g/mol. The fourth-order valence-electron chi connectivity index (χ4n) is 11.2. The molecule has 6 aromatic rings. The smallest absolute Gasteiger partial charge is 0.246 e. The molecule has 2 bridgehead atoms. The zero-order valence-electron chi connectivity index (χ0n) is 47.3. The van der Waals surface area contributed by atoms with E-state index in [1.54, 1.807) is 48.1 Å². The molecule has 0 saturated carbocycles. The number of halogens is 2. The van der Waals surface area contributed by atoms with Gasteiger partial charge < -0.3 is 56.8 Å². The summed E-state index contributed by atoms with van der Waals surface area (Å²) in [6.07, 6.45) is 6.75. The van der Waals surface area contributed by atoms with Crippen LogP contribution in [0.15, 0.2) is 97.3 Å². The molecular weight excluding hydrogens is 1130 g/mol. The zero-order valence-corrected chi connectivity index (χ0v) is 48.9. The number of H-pyrrole nitrogens is 2. The Morgan fingerprint density at radius 3 is 1.76 bits per heavy atom. The summed E-state index contributed by atoms with van der Waals surface area (Å²) in [5.41, 5.74) is 4.99. The van der Waals surface area contributed by atoms with Crippen LogP contribution >= 0.6 is 23.5 Å². The Labute approximate surface area is 499 Å². The number of hydrogen-bond acceptors (Lipinski definition) is 11. The van der Waals surface area contributed by atoms with Crippen LogP contribution in [0.5, 0.6) is 5.75 Å². The van der Waals surface area contributed by atoms with E-state index in [-0.39, 0.29) is 62.8 Å². The number of phenols is 1. The molecule has 9 N–H and O–H groups in total. The minimum atomic E-state index is -1.42. The fraction of sp³-hybridized carbons (Fsp3) is 0.419. The Bertz CT molecular complexity index is 3400. The second kappa shape index (κ2) is 29.3. The van der Waals surface area contributed by atoms with Crippen LogP contribution in [0.1, 0.15) is 86.1 Å². The largest absolute Gasteiger partial charge is 0.508 e. The molecule has 85 heavy (non-hydrogen) atoms. The predicted molar refractivity (Wildman–Crippen MR) is 322 cm³/mol. The van der Waals surface area contributed by atoms with E-state index in [1.807, 2.05) is 6.07 Å². The molecule has 2 fully saturated rings. The number of aromatic nitrogens is 2. The topological polar surface area (TPSA) is 267 Å². The van der Waals surface area contributed by atoms with Crippen LogP contribution in [0, 0.1) is 11.6 Å². The lowest BCUT2D eigenvalue weighted by Gasteiger charge is -2.31. The molecule has 3 aliphatic rings. The fourth-order valence-corrected chi connectivity index (χ4v) is 13.0. The van der Waals surface area contributed by atoms with Gasteiger partial charge in [0.1, 0.15) is 53.6 Å². The van der Waals surface area contributed by atoms with Crippen molar-refractivity contribution in [1.82, 2.24) is 51.7 Å². The van der Waals surface area contributed by atoms with Crippen LogP contribution in [0.4, 0.5) is 8.78 Å². The van der Waals surface area contributed by atoms with Gasteiger partial charge in [0.05, 0.1) is 6.54 Å². The molecule has 2 saturated heterocycles. The van der Waals surface area contributed by atoms with Crippen LogP contribution in [-0.2, 0) is 69.1 Å². The van der Waals surface area contributed by atoms with E-state index in [9.17, 15) is 47.4 Å². The summed E-state index contributed by atoms with van der Waals surface area (Å²) in [6, 6.07) is 15.6. The number of fused-ring (bicyclic) bond motifs is 6. The molecule has 450 valence electrons. The zero-order chi connectivity index (χ0) is 60.0. The van der Waals surface area contributed by atoms with E-state index in [0.29, 0.717) is 76.5 Å². The normalized spacial score (nSPS) is 23.0. The van der Waals surface area contributed by atoms with Gasteiger partial charge in [-0.3, -0.25) is 38.4 Å². The first-order valence-electron chi connectivity index (χ1n) is 28.9. The Hall–Kier alpha value is -7.92. The van der Waals surface area contributed by atoms with Gasteiger partial charge in [0.2, 0.25) is 47.3 Å². The molecule has 1 unspecified atom stereocenters. The molecule has 6 atom stereocenters. The maximum Gasteiger partial charge on any atom is 0.246 e. The van der Waals surface area contributed by atoms with Crippen LogP contribution in [0.2, 0.25) is 0 Å². The van der Waals surface area contributed by atoms with Crippen molar-refractivity contribution in [3.05, 3.63) is 137 Å². The van der Waals surface area contributed by atoms with Gasteiger partial charge in [-0.2, -0.15) is 23.5 Å². The summed E-state index contributed by atoms with van der Waals surface area (Å²) in [4.78, 5) is 123. The number of phenolic OH excluding ortho intramolecular Hbond substituents is 1. The summed E-state index contributed by atoms with van der Waals surface area (Å²) in [6.45, 7) is 1.70. The minimum Gasteiger partial charge on any atom is -0.508 e. The SMILES string of the molecule is C[C@@H]1NC(=O)[C@@H]2CCCN2C(=O)[C@H](Cc2c[nH]c3ccc(F)cc23)NC(=O)[C@H](Cc2c[nH]c3ccc(F)cc23)NC(=O)CNC(=O)CCCCCSCc2cccc(c2)CSCCNC(=O)C2CCCN2C(=O)[C@H](Cc2ccc(O)cc2)NC1=O. The first-order chi connectivity index (χ1) is 41.1. The van der Waals surface area contributed by atoms with Gasteiger partial charge in [-0.1, -0.05) is 42.8 Å². The molecule has 0 spiro atoms. The number of nitrogens with one attached hydrogen (secondary N) is 8. The Morgan fingerprint density at radius 1 is 0.553 bits per heavy atom. The lowest BCUT2D eigenvalue weighted by atomic mass is 10.0. The third-order valence-electron chi connectivity index (χ3n) is 15.7. The lowest BCUT2D eigenvalue weighted by molar-refractivity contribution is -0.143. The van der Waals surface area contributed by atoms with E-state index in [1.165, 1.54) is 70.8 Å². The third kappa shape index (κ3) is 16.5. The number of aromatic amines is 2. The van der Waals surface area contributed by atoms with Crippen LogP contribution in [-0.4, -0.2) is 146 Å². The Morgan fingerprint density at radius 2 is 1.13 bits per heavy atom. The van der Waals surface area contributed by atoms with E-state index >= 15 is 4.79 Å². The first kappa shape index (κ1) is 61.6. The van der Waals surface area contributed by atoms with E-state index < -0.39 is 89.9 Å².